The largest absolute Gasteiger partial charge is 0.364 e. The molecule has 0 radical (unpaired) electrons. The van der Waals surface area contributed by atoms with E-state index in [0.717, 1.165) is 17.3 Å². The first kappa shape index (κ1) is 17.8. The van der Waals surface area contributed by atoms with Crippen molar-refractivity contribution in [1.29, 1.82) is 0 Å². The number of hydrogen-bond acceptors (Lipinski definition) is 2. The fraction of sp³-hybridized carbons (Fsp3) is 0.600. The van der Waals surface area contributed by atoms with Gasteiger partial charge in [-0.3, -0.25) is 0 Å². The first-order chi connectivity index (χ1) is 9.03. The summed E-state index contributed by atoms with van der Waals surface area (Å²) in [5.41, 5.74) is 1.05. The van der Waals surface area contributed by atoms with Crippen molar-refractivity contribution in [2.45, 2.75) is 51.2 Å². The molecule has 20 heavy (non-hydrogen) atoms. The molecular weight excluding hydrogens is 302 g/mol. The Morgan fingerprint density at radius 1 is 1.10 bits per heavy atom. The summed E-state index contributed by atoms with van der Waals surface area (Å²) in [6.45, 7) is 17.0. The topological polar surface area (TPSA) is 21.3 Å². The molecule has 0 spiro atoms. The van der Waals surface area contributed by atoms with Crippen LogP contribution in [0.1, 0.15) is 6.92 Å². The number of halogens is 1. The van der Waals surface area contributed by atoms with E-state index in [0.29, 0.717) is 0 Å². The molecule has 5 heteroatoms. The van der Waals surface area contributed by atoms with Crippen molar-refractivity contribution in [3.8, 4) is 0 Å². The van der Waals surface area contributed by atoms with Gasteiger partial charge in [0, 0.05) is 17.3 Å². The lowest BCUT2D eigenvalue weighted by Crippen LogP contribution is -2.72. The molecule has 0 heterocycles. The lowest BCUT2D eigenvalue weighted by molar-refractivity contribution is 0.0907. The molecule has 0 aromatic heterocycles. The van der Waals surface area contributed by atoms with Gasteiger partial charge in [0.1, 0.15) is 21.1 Å². The third-order valence-corrected chi connectivity index (χ3v) is 13.1. The van der Waals surface area contributed by atoms with Crippen LogP contribution in [0.15, 0.2) is 24.3 Å². The average molecular weight is 330 g/mol. The monoisotopic (exact) mass is 329 g/mol. The standard InChI is InChI=1S/C15H28ClNOSi2/c1-8-18-15(19(2,3)4,20(5,6)7)17-14-11-9-10-13(16)12-14/h9-12,17H,8H2,1-7H3. The summed E-state index contributed by atoms with van der Waals surface area (Å²) in [4.78, 5) is -0.209. The molecule has 1 rings (SSSR count). The van der Waals surface area contributed by atoms with E-state index in [2.05, 4.69) is 57.6 Å². The second-order valence-corrected chi connectivity index (χ2v) is 18.6. The zero-order chi connectivity index (χ0) is 15.6. The van der Waals surface area contributed by atoms with Crippen LogP contribution in [0.3, 0.4) is 0 Å². The Kier molecular flexibility index (Phi) is 5.52. The van der Waals surface area contributed by atoms with Crippen molar-refractivity contribution in [2.75, 3.05) is 11.9 Å². The summed E-state index contributed by atoms with van der Waals surface area (Å²) in [7, 11) is -3.22. The average Bonchev–Trinajstić information content (AvgIpc) is 2.25. The highest BCUT2D eigenvalue weighted by atomic mass is 35.5. The maximum atomic E-state index is 6.37. The molecule has 0 saturated heterocycles. The van der Waals surface area contributed by atoms with Crippen molar-refractivity contribution < 1.29 is 4.74 Å². The molecule has 114 valence electrons. The molecule has 2 nitrogen and oxygen atoms in total. The van der Waals surface area contributed by atoms with Gasteiger partial charge in [0.25, 0.3) is 0 Å². The highest BCUT2D eigenvalue weighted by molar-refractivity contribution is 6.98. The summed E-state index contributed by atoms with van der Waals surface area (Å²) in [5.74, 6) is 0. The lowest BCUT2D eigenvalue weighted by Gasteiger charge is -2.52. The minimum atomic E-state index is -1.61. The third kappa shape index (κ3) is 3.67. The predicted octanol–water partition coefficient (Wildman–Crippen LogP) is 5.24. The molecule has 0 unspecified atom stereocenters. The number of hydrogen-bond donors (Lipinski definition) is 1. The Morgan fingerprint density at radius 3 is 2.05 bits per heavy atom. The van der Waals surface area contributed by atoms with Crippen molar-refractivity contribution in [2.24, 2.45) is 0 Å². The fourth-order valence-electron chi connectivity index (χ4n) is 2.96. The zero-order valence-corrected chi connectivity index (χ0v) is 16.6. The quantitative estimate of drug-likeness (QED) is 0.569. The van der Waals surface area contributed by atoms with Crippen LogP contribution in [0, 0.1) is 0 Å². The molecule has 0 aliphatic carbocycles. The van der Waals surface area contributed by atoms with Crippen molar-refractivity contribution in [1.82, 2.24) is 0 Å². The van der Waals surface area contributed by atoms with Crippen LogP contribution in [-0.4, -0.2) is 27.7 Å². The van der Waals surface area contributed by atoms with Crippen LogP contribution >= 0.6 is 11.6 Å². The lowest BCUT2D eigenvalue weighted by atomic mass is 10.3. The maximum absolute atomic E-state index is 6.37. The van der Waals surface area contributed by atoms with Gasteiger partial charge in [-0.2, -0.15) is 0 Å². The Bertz CT molecular complexity index is 438. The normalized spacial score (nSPS) is 13.4. The molecular formula is C15H28ClNOSi2. The number of ether oxygens (including phenoxy) is 1. The van der Waals surface area contributed by atoms with Gasteiger partial charge in [0.2, 0.25) is 0 Å². The van der Waals surface area contributed by atoms with Gasteiger partial charge in [-0.15, -0.1) is 0 Å². The van der Waals surface area contributed by atoms with Crippen LogP contribution in [0.5, 0.6) is 0 Å². The van der Waals surface area contributed by atoms with E-state index >= 15 is 0 Å². The second-order valence-electron chi connectivity index (χ2n) is 7.25. The molecule has 1 aromatic rings. The number of anilines is 1. The van der Waals surface area contributed by atoms with Crippen molar-refractivity contribution >= 4 is 33.4 Å². The van der Waals surface area contributed by atoms with Crippen LogP contribution in [0.4, 0.5) is 5.69 Å². The van der Waals surface area contributed by atoms with Crippen LogP contribution in [0.2, 0.25) is 44.3 Å². The third-order valence-electron chi connectivity index (χ3n) is 3.62. The van der Waals surface area contributed by atoms with E-state index in [1.165, 1.54) is 0 Å². The number of benzene rings is 1. The Labute approximate surface area is 130 Å². The molecule has 0 aliphatic rings. The molecule has 0 aliphatic heterocycles. The molecule has 0 amide bonds. The Hall–Kier alpha value is -0.296. The molecule has 0 atom stereocenters. The van der Waals surface area contributed by atoms with E-state index in [9.17, 15) is 0 Å². The smallest absolute Gasteiger partial charge is 0.108 e. The van der Waals surface area contributed by atoms with Gasteiger partial charge in [-0.05, 0) is 25.1 Å². The van der Waals surface area contributed by atoms with Crippen LogP contribution < -0.4 is 5.32 Å². The summed E-state index contributed by atoms with van der Waals surface area (Å²) < 4.78 is 6.37. The first-order valence-corrected chi connectivity index (χ1v) is 14.6. The minimum Gasteiger partial charge on any atom is -0.364 e. The number of rotatable bonds is 6. The van der Waals surface area contributed by atoms with Gasteiger partial charge in [0.05, 0.1) is 0 Å². The number of nitrogens with one attached hydrogen (secondary N) is 1. The molecule has 1 N–H and O–H groups in total. The first-order valence-electron chi connectivity index (χ1n) is 7.21. The zero-order valence-electron chi connectivity index (χ0n) is 13.8. The summed E-state index contributed by atoms with van der Waals surface area (Å²) in [5, 5.41) is 4.49. The Balaban J connectivity index is 3.30. The van der Waals surface area contributed by atoms with Gasteiger partial charge in [0.15, 0.2) is 0 Å². The van der Waals surface area contributed by atoms with Crippen molar-refractivity contribution in [3.63, 3.8) is 0 Å². The van der Waals surface area contributed by atoms with Gasteiger partial charge < -0.3 is 10.1 Å². The molecule has 0 saturated carbocycles. The van der Waals surface area contributed by atoms with Crippen LogP contribution in [-0.2, 0) is 4.74 Å². The summed E-state index contributed by atoms with van der Waals surface area (Å²) in [6, 6.07) is 7.93. The van der Waals surface area contributed by atoms with E-state index in [1.54, 1.807) is 0 Å². The predicted molar refractivity (Wildman–Crippen MR) is 96.1 cm³/mol. The highest BCUT2D eigenvalue weighted by Crippen LogP contribution is 2.36. The second kappa shape index (κ2) is 6.22. The van der Waals surface area contributed by atoms with E-state index in [-0.39, 0.29) is 4.97 Å². The SMILES string of the molecule is CCOC(Nc1cccc(Cl)c1)([Si](C)(C)C)[Si](C)(C)C. The van der Waals surface area contributed by atoms with Gasteiger partial charge in [-0.1, -0.05) is 56.9 Å². The van der Waals surface area contributed by atoms with E-state index < -0.39 is 16.1 Å². The molecule has 0 bridgehead atoms. The van der Waals surface area contributed by atoms with Crippen LogP contribution in [0.25, 0.3) is 0 Å². The minimum absolute atomic E-state index is 0.209. The Morgan fingerprint density at radius 2 is 1.65 bits per heavy atom. The van der Waals surface area contributed by atoms with E-state index in [4.69, 9.17) is 16.3 Å². The summed E-state index contributed by atoms with van der Waals surface area (Å²) in [6.07, 6.45) is 0. The fourth-order valence-corrected chi connectivity index (χ4v) is 14.3. The highest BCUT2D eigenvalue weighted by Gasteiger charge is 2.53. The molecule has 1 aromatic carbocycles. The van der Waals surface area contributed by atoms with Gasteiger partial charge in [-0.25, -0.2) is 0 Å². The maximum Gasteiger partial charge on any atom is 0.108 e. The molecule has 0 fully saturated rings. The van der Waals surface area contributed by atoms with Gasteiger partial charge >= 0.3 is 0 Å². The van der Waals surface area contributed by atoms with E-state index in [1.807, 2.05) is 18.2 Å². The summed E-state index contributed by atoms with van der Waals surface area (Å²) >= 11 is 6.12. The van der Waals surface area contributed by atoms with Crippen molar-refractivity contribution in [3.05, 3.63) is 29.3 Å².